The topological polar surface area (TPSA) is 53.9 Å². The Balaban J connectivity index is 1.55. The van der Waals surface area contributed by atoms with E-state index in [-0.39, 0.29) is 0 Å². The summed E-state index contributed by atoms with van der Waals surface area (Å²) in [5, 5.41) is 3.37. The number of nitrogens with zero attached hydrogens (tertiary/aromatic N) is 4. The smallest absolute Gasteiger partial charge is 0.227 e. The van der Waals surface area contributed by atoms with E-state index in [9.17, 15) is 0 Å². The molecular weight excluding hydrogens is 358 g/mol. The fourth-order valence-corrected chi connectivity index (χ4v) is 3.15. The Kier molecular flexibility index (Phi) is 5.47. The molecule has 5 heteroatoms. The second kappa shape index (κ2) is 8.52. The molecule has 4 rings (SSSR count). The van der Waals surface area contributed by atoms with Gasteiger partial charge in [-0.25, -0.2) is 9.97 Å². The standard InChI is InChI=1S/C24H23N5/c1-18-10-11-21(29(2)17-19-7-4-3-5-8-19)15-23(18)28-24-26-14-12-22(27-24)20-9-6-13-25-16-20/h3-16H,17H2,1-2H3,(H,26,27,28). The highest BCUT2D eigenvalue weighted by atomic mass is 15.1. The monoisotopic (exact) mass is 381 g/mol. The number of nitrogens with one attached hydrogen (secondary N) is 1. The van der Waals surface area contributed by atoms with E-state index in [2.05, 4.69) is 81.6 Å². The second-order valence-electron chi connectivity index (χ2n) is 6.97. The highest BCUT2D eigenvalue weighted by molar-refractivity contribution is 5.67. The summed E-state index contributed by atoms with van der Waals surface area (Å²) < 4.78 is 0. The molecule has 5 nitrogen and oxygen atoms in total. The van der Waals surface area contributed by atoms with Crippen molar-refractivity contribution < 1.29 is 0 Å². The van der Waals surface area contributed by atoms with Crippen LogP contribution >= 0.6 is 0 Å². The van der Waals surface area contributed by atoms with Crippen molar-refractivity contribution >= 4 is 17.3 Å². The van der Waals surface area contributed by atoms with Gasteiger partial charge < -0.3 is 10.2 Å². The first-order chi connectivity index (χ1) is 14.2. The lowest BCUT2D eigenvalue weighted by atomic mass is 10.1. The third kappa shape index (κ3) is 4.58. The quantitative estimate of drug-likeness (QED) is 0.496. The van der Waals surface area contributed by atoms with E-state index >= 15 is 0 Å². The minimum absolute atomic E-state index is 0.567. The van der Waals surface area contributed by atoms with Gasteiger partial charge in [0.2, 0.25) is 5.95 Å². The van der Waals surface area contributed by atoms with Gasteiger partial charge >= 0.3 is 0 Å². The zero-order valence-corrected chi connectivity index (χ0v) is 16.6. The molecule has 0 atom stereocenters. The summed E-state index contributed by atoms with van der Waals surface area (Å²) in [6.07, 6.45) is 5.32. The van der Waals surface area contributed by atoms with Gasteiger partial charge in [0.15, 0.2) is 0 Å². The molecule has 0 radical (unpaired) electrons. The van der Waals surface area contributed by atoms with Gasteiger partial charge in [-0.1, -0.05) is 36.4 Å². The first-order valence-corrected chi connectivity index (χ1v) is 9.55. The average molecular weight is 381 g/mol. The highest BCUT2D eigenvalue weighted by Crippen LogP contribution is 2.26. The van der Waals surface area contributed by atoms with Crippen LogP contribution in [0.3, 0.4) is 0 Å². The molecule has 0 fully saturated rings. The average Bonchev–Trinajstić information content (AvgIpc) is 2.77. The fraction of sp³-hybridized carbons (Fsp3) is 0.125. The molecule has 0 aliphatic carbocycles. The van der Waals surface area contributed by atoms with Gasteiger partial charge in [-0.05, 0) is 48.4 Å². The first-order valence-electron chi connectivity index (χ1n) is 9.55. The Morgan fingerprint density at radius 1 is 0.931 bits per heavy atom. The van der Waals surface area contributed by atoms with Gasteiger partial charge in [-0.15, -0.1) is 0 Å². The normalized spacial score (nSPS) is 10.6. The van der Waals surface area contributed by atoms with Gasteiger partial charge in [0.1, 0.15) is 0 Å². The molecule has 0 aliphatic rings. The van der Waals surface area contributed by atoms with Gasteiger partial charge in [-0.3, -0.25) is 4.98 Å². The summed E-state index contributed by atoms with van der Waals surface area (Å²) in [6, 6.07) is 22.6. The van der Waals surface area contributed by atoms with E-state index in [4.69, 9.17) is 0 Å². The number of anilines is 3. The Morgan fingerprint density at radius 3 is 2.59 bits per heavy atom. The highest BCUT2D eigenvalue weighted by Gasteiger charge is 2.08. The molecule has 0 bridgehead atoms. The number of benzene rings is 2. The Morgan fingerprint density at radius 2 is 1.79 bits per heavy atom. The predicted octanol–water partition coefficient (Wildman–Crippen LogP) is 5.23. The van der Waals surface area contributed by atoms with Gasteiger partial charge in [0, 0.05) is 49.1 Å². The van der Waals surface area contributed by atoms with Crippen molar-refractivity contribution in [3.05, 3.63) is 96.4 Å². The molecule has 0 spiro atoms. The Hall–Kier alpha value is -3.73. The van der Waals surface area contributed by atoms with Crippen molar-refractivity contribution in [3.8, 4) is 11.3 Å². The molecule has 0 aliphatic heterocycles. The van der Waals surface area contributed by atoms with Crippen molar-refractivity contribution in [2.75, 3.05) is 17.3 Å². The molecule has 2 aromatic carbocycles. The van der Waals surface area contributed by atoms with E-state index in [0.717, 1.165) is 34.7 Å². The molecule has 0 saturated heterocycles. The van der Waals surface area contributed by atoms with Crippen LogP contribution in [0.1, 0.15) is 11.1 Å². The predicted molar refractivity (Wildman–Crippen MR) is 118 cm³/mol. The van der Waals surface area contributed by atoms with Gasteiger partial charge in [-0.2, -0.15) is 0 Å². The molecule has 2 heterocycles. The molecule has 0 unspecified atom stereocenters. The summed E-state index contributed by atoms with van der Waals surface area (Å²) >= 11 is 0. The minimum Gasteiger partial charge on any atom is -0.370 e. The number of pyridine rings is 1. The van der Waals surface area contributed by atoms with Crippen molar-refractivity contribution in [2.24, 2.45) is 0 Å². The Labute approximate surface area is 171 Å². The van der Waals surface area contributed by atoms with Crippen LogP contribution < -0.4 is 10.2 Å². The fourth-order valence-electron chi connectivity index (χ4n) is 3.15. The third-order valence-electron chi connectivity index (χ3n) is 4.78. The van der Waals surface area contributed by atoms with Gasteiger partial charge in [0.25, 0.3) is 0 Å². The number of aromatic nitrogens is 3. The molecule has 144 valence electrons. The van der Waals surface area contributed by atoms with E-state index < -0.39 is 0 Å². The lowest BCUT2D eigenvalue weighted by Crippen LogP contribution is -2.16. The number of rotatable bonds is 6. The molecule has 2 aromatic heterocycles. The summed E-state index contributed by atoms with van der Waals surface area (Å²) in [7, 11) is 2.10. The van der Waals surface area contributed by atoms with Crippen LogP contribution in [0.25, 0.3) is 11.3 Å². The van der Waals surface area contributed by atoms with E-state index in [1.165, 1.54) is 5.56 Å². The number of hydrogen-bond acceptors (Lipinski definition) is 5. The minimum atomic E-state index is 0.567. The lowest BCUT2D eigenvalue weighted by Gasteiger charge is -2.21. The van der Waals surface area contributed by atoms with E-state index in [1.807, 2.05) is 24.3 Å². The van der Waals surface area contributed by atoms with Crippen LogP contribution in [0.15, 0.2) is 85.3 Å². The van der Waals surface area contributed by atoms with Crippen LogP contribution in [0, 0.1) is 6.92 Å². The Bertz CT molecular complexity index is 1080. The van der Waals surface area contributed by atoms with E-state index in [0.29, 0.717) is 5.95 Å². The molecule has 4 aromatic rings. The number of hydrogen-bond donors (Lipinski definition) is 1. The van der Waals surface area contributed by atoms with Crippen molar-refractivity contribution in [1.82, 2.24) is 15.0 Å². The summed E-state index contributed by atoms with van der Waals surface area (Å²) in [5.41, 5.74) is 6.34. The summed E-state index contributed by atoms with van der Waals surface area (Å²) in [4.78, 5) is 15.4. The van der Waals surface area contributed by atoms with Crippen molar-refractivity contribution in [2.45, 2.75) is 13.5 Å². The molecule has 0 saturated carbocycles. The molecular formula is C24H23N5. The maximum absolute atomic E-state index is 4.65. The number of aryl methyl sites for hydroxylation is 1. The van der Waals surface area contributed by atoms with Crippen molar-refractivity contribution in [1.29, 1.82) is 0 Å². The van der Waals surface area contributed by atoms with Gasteiger partial charge in [0.05, 0.1) is 5.69 Å². The molecule has 0 amide bonds. The van der Waals surface area contributed by atoms with Crippen LogP contribution in [0.4, 0.5) is 17.3 Å². The van der Waals surface area contributed by atoms with E-state index in [1.54, 1.807) is 18.6 Å². The molecule has 1 N–H and O–H groups in total. The van der Waals surface area contributed by atoms with Crippen LogP contribution in [0.2, 0.25) is 0 Å². The molecule has 29 heavy (non-hydrogen) atoms. The van der Waals surface area contributed by atoms with Crippen LogP contribution in [-0.4, -0.2) is 22.0 Å². The first kappa shape index (κ1) is 18.6. The second-order valence-corrected chi connectivity index (χ2v) is 6.97. The summed E-state index contributed by atoms with van der Waals surface area (Å²) in [5.74, 6) is 0.567. The SMILES string of the molecule is Cc1ccc(N(C)Cc2ccccc2)cc1Nc1nccc(-c2cccnc2)n1. The summed E-state index contributed by atoms with van der Waals surface area (Å²) in [6.45, 7) is 2.92. The third-order valence-corrected chi connectivity index (χ3v) is 4.78. The zero-order chi connectivity index (χ0) is 20.1. The maximum Gasteiger partial charge on any atom is 0.227 e. The largest absolute Gasteiger partial charge is 0.370 e. The zero-order valence-electron chi connectivity index (χ0n) is 16.6. The maximum atomic E-state index is 4.65. The van der Waals surface area contributed by atoms with Crippen molar-refractivity contribution in [3.63, 3.8) is 0 Å². The lowest BCUT2D eigenvalue weighted by molar-refractivity contribution is 0.923. The van der Waals surface area contributed by atoms with Crippen LogP contribution in [0.5, 0.6) is 0 Å². The van der Waals surface area contributed by atoms with Crippen LogP contribution in [-0.2, 0) is 6.54 Å².